The Bertz CT molecular complexity index is 330. The summed E-state index contributed by atoms with van der Waals surface area (Å²) in [6, 6.07) is 4.57. The lowest BCUT2D eigenvalue weighted by Gasteiger charge is -2.20. The molecule has 0 unspecified atom stereocenters. The molecule has 0 radical (unpaired) electrons. The molecule has 0 bridgehead atoms. The summed E-state index contributed by atoms with van der Waals surface area (Å²) in [5, 5.41) is 1.97. The molecule has 1 aliphatic rings. The predicted octanol–water partition coefficient (Wildman–Crippen LogP) is 3.20. The molecule has 2 nitrogen and oxygen atoms in total. The van der Waals surface area contributed by atoms with Crippen LogP contribution in [0.2, 0.25) is 0 Å². The van der Waals surface area contributed by atoms with E-state index >= 15 is 0 Å². The summed E-state index contributed by atoms with van der Waals surface area (Å²) in [5.41, 5.74) is 0. The highest BCUT2D eigenvalue weighted by Crippen LogP contribution is 2.27. The van der Waals surface area contributed by atoms with E-state index in [9.17, 15) is 4.79 Å². The molecule has 0 aliphatic heterocycles. The summed E-state index contributed by atoms with van der Waals surface area (Å²) in [6.45, 7) is 3.90. The van der Waals surface area contributed by atoms with Crippen molar-refractivity contribution in [2.24, 2.45) is 0 Å². The minimum atomic E-state index is 0.290. The molecule has 0 aromatic carbocycles. The van der Waals surface area contributed by atoms with E-state index in [2.05, 4.69) is 11.8 Å². The van der Waals surface area contributed by atoms with E-state index in [1.165, 1.54) is 25.7 Å². The third-order valence-corrected chi connectivity index (χ3v) is 3.92. The minimum Gasteiger partial charge on any atom is -0.293 e. The Morgan fingerprint density at radius 1 is 1.56 bits per heavy atom. The molecule has 16 heavy (non-hydrogen) atoms. The van der Waals surface area contributed by atoms with Gasteiger partial charge in [-0.15, -0.1) is 11.3 Å². The lowest BCUT2D eigenvalue weighted by atomic mass is 10.2. The number of rotatable bonds is 7. The maximum Gasteiger partial charge on any atom is 0.186 e. The van der Waals surface area contributed by atoms with Crippen LogP contribution in [0.4, 0.5) is 0 Å². The maximum atomic E-state index is 12.0. The van der Waals surface area contributed by atoms with Crippen molar-refractivity contribution in [2.45, 2.75) is 38.6 Å². The van der Waals surface area contributed by atoms with E-state index in [1.54, 1.807) is 11.3 Å². The van der Waals surface area contributed by atoms with Crippen molar-refractivity contribution in [3.05, 3.63) is 22.4 Å². The third kappa shape index (κ3) is 3.16. The maximum absolute atomic E-state index is 12.0. The van der Waals surface area contributed by atoms with Crippen LogP contribution in [0.25, 0.3) is 0 Å². The van der Waals surface area contributed by atoms with E-state index in [1.807, 2.05) is 17.5 Å². The molecular formula is C13H19NOS. The van der Waals surface area contributed by atoms with Crippen molar-refractivity contribution in [1.82, 2.24) is 4.90 Å². The van der Waals surface area contributed by atoms with Crippen molar-refractivity contribution >= 4 is 17.1 Å². The molecule has 88 valence electrons. The highest BCUT2D eigenvalue weighted by Gasteiger charge is 2.29. The van der Waals surface area contributed by atoms with Crippen LogP contribution in [0.5, 0.6) is 0 Å². The van der Waals surface area contributed by atoms with E-state index in [0.717, 1.165) is 11.4 Å². The highest BCUT2D eigenvalue weighted by atomic mass is 32.1. The van der Waals surface area contributed by atoms with Crippen LogP contribution in [0.15, 0.2) is 17.5 Å². The number of carbonyl (C=O) groups is 1. The fraction of sp³-hybridized carbons (Fsp3) is 0.615. The lowest BCUT2D eigenvalue weighted by molar-refractivity contribution is 0.0927. The SMILES string of the molecule is CCCCN(CC(=O)c1cccs1)C1CC1. The molecule has 3 heteroatoms. The quantitative estimate of drug-likeness (QED) is 0.679. The van der Waals surface area contributed by atoms with Crippen LogP contribution in [-0.4, -0.2) is 29.8 Å². The molecule has 1 saturated carbocycles. The van der Waals surface area contributed by atoms with Gasteiger partial charge in [0, 0.05) is 6.04 Å². The van der Waals surface area contributed by atoms with Gasteiger partial charge in [-0.05, 0) is 37.3 Å². The van der Waals surface area contributed by atoms with Gasteiger partial charge in [0.2, 0.25) is 0 Å². The monoisotopic (exact) mass is 237 g/mol. The summed E-state index contributed by atoms with van der Waals surface area (Å²) in [7, 11) is 0. The fourth-order valence-electron chi connectivity index (χ4n) is 1.89. The molecule has 1 aromatic rings. The molecule has 0 amide bonds. The Morgan fingerprint density at radius 2 is 2.38 bits per heavy atom. The van der Waals surface area contributed by atoms with Crippen LogP contribution in [0.1, 0.15) is 42.3 Å². The number of hydrogen-bond acceptors (Lipinski definition) is 3. The largest absolute Gasteiger partial charge is 0.293 e. The minimum absolute atomic E-state index is 0.290. The lowest BCUT2D eigenvalue weighted by Crippen LogP contribution is -2.32. The molecule has 0 N–H and O–H groups in total. The third-order valence-electron chi connectivity index (χ3n) is 3.00. The van der Waals surface area contributed by atoms with E-state index in [-0.39, 0.29) is 5.78 Å². The van der Waals surface area contributed by atoms with Gasteiger partial charge >= 0.3 is 0 Å². The first kappa shape index (κ1) is 11.8. The van der Waals surface area contributed by atoms with Gasteiger partial charge in [0.15, 0.2) is 5.78 Å². The fourth-order valence-corrected chi connectivity index (χ4v) is 2.55. The van der Waals surface area contributed by atoms with E-state index < -0.39 is 0 Å². The van der Waals surface area contributed by atoms with Gasteiger partial charge in [-0.1, -0.05) is 19.4 Å². The molecular weight excluding hydrogens is 218 g/mol. The summed E-state index contributed by atoms with van der Waals surface area (Å²) in [6.07, 6.45) is 4.97. The zero-order valence-electron chi connectivity index (χ0n) is 9.82. The number of carbonyl (C=O) groups excluding carboxylic acids is 1. The Morgan fingerprint density at radius 3 is 2.94 bits per heavy atom. The van der Waals surface area contributed by atoms with Gasteiger partial charge in [-0.25, -0.2) is 0 Å². The van der Waals surface area contributed by atoms with Gasteiger partial charge in [0.25, 0.3) is 0 Å². The number of unbranched alkanes of at least 4 members (excludes halogenated alkanes) is 1. The van der Waals surface area contributed by atoms with Crippen LogP contribution in [-0.2, 0) is 0 Å². The second-order valence-electron chi connectivity index (χ2n) is 4.46. The Balaban J connectivity index is 1.87. The number of hydrogen-bond donors (Lipinski definition) is 0. The van der Waals surface area contributed by atoms with Crippen molar-refractivity contribution in [3.63, 3.8) is 0 Å². The van der Waals surface area contributed by atoms with E-state index in [0.29, 0.717) is 12.6 Å². The molecule has 1 aromatic heterocycles. The first-order chi connectivity index (χ1) is 7.81. The van der Waals surface area contributed by atoms with Crippen LogP contribution >= 0.6 is 11.3 Å². The average Bonchev–Trinajstić information content (AvgIpc) is 2.98. The molecule has 1 heterocycles. The Labute approximate surface area is 101 Å². The van der Waals surface area contributed by atoms with Crippen LogP contribution < -0.4 is 0 Å². The molecule has 2 rings (SSSR count). The smallest absolute Gasteiger partial charge is 0.186 e. The van der Waals surface area contributed by atoms with Crippen molar-refractivity contribution in [3.8, 4) is 0 Å². The molecule has 0 saturated heterocycles. The topological polar surface area (TPSA) is 20.3 Å². The summed E-state index contributed by atoms with van der Waals surface area (Å²) in [4.78, 5) is 15.3. The van der Waals surface area contributed by atoms with Gasteiger partial charge in [0.1, 0.15) is 0 Å². The molecule has 0 spiro atoms. The van der Waals surface area contributed by atoms with Crippen LogP contribution in [0, 0.1) is 0 Å². The van der Waals surface area contributed by atoms with Gasteiger partial charge in [-0.2, -0.15) is 0 Å². The first-order valence-corrected chi connectivity index (χ1v) is 7.00. The second kappa shape index (κ2) is 5.60. The normalized spacial score (nSPS) is 15.6. The number of Topliss-reactive ketones (excluding diaryl/α,β-unsaturated/α-hetero) is 1. The van der Waals surface area contributed by atoms with E-state index in [4.69, 9.17) is 0 Å². The number of thiophene rings is 1. The van der Waals surface area contributed by atoms with Crippen molar-refractivity contribution in [1.29, 1.82) is 0 Å². The predicted molar refractivity (Wildman–Crippen MR) is 68.2 cm³/mol. The average molecular weight is 237 g/mol. The zero-order valence-corrected chi connectivity index (χ0v) is 10.6. The number of ketones is 1. The van der Waals surface area contributed by atoms with Crippen LogP contribution in [0.3, 0.4) is 0 Å². The Hall–Kier alpha value is -0.670. The Kier molecular flexibility index (Phi) is 4.13. The molecule has 1 aliphatic carbocycles. The summed E-state index contributed by atoms with van der Waals surface area (Å²) < 4.78 is 0. The molecule has 0 atom stereocenters. The molecule has 1 fully saturated rings. The second-order valence-corrected chi connectivity index (χ2v) is 5.40. The summed E-state index contributed by atoms with van der Waals surface area (Å²) in [5.74, 6) is 0.290. The van der Waals surface area contributed by atoms with Gasteiger partial charge in [-0.3, -0.25) is 9.69 Å². The van der Waals surface area contributed by atoms with Crippen molar-refractivity contribution in [2.75, 3.05) is 13.1 Å². The number of nitrogens with zero attached hydrogens (tertiary/aromatic N) is 1. The van der Waals surface area contributed by atoms with Gasteiger partial charge < -0.3 is 0 Å². The first-order valence-electron chi connectivity index (χ1n) is 6.12. The van der Waals surface area contributed by atoms with Crippen molar-refractivity contribution < 1.29 is 4.79 Å². The van der Waals surface area contributed by atoms with Gasteiger partial charge in [0.05, 0.1) is 11.4 Å². The summed E-state index contributed by atoms with van der Waals surface area (Å²) >= 11 is 1.55. The highest BCUT2D eigenvalue weighted by molar-refractivity contribution is 7.12. The zero-order chi connectivity index (χ0) is 11.4. The standard InChI is InChI=1S/C13H19NOS/c1-2-3-8-14(11-6-7-11)10-12(15)13-5-4-9-16-13/h4-5,9,11H,2-3,6-8,10H2,1H3.